The van der Waals surface area contributed by atoms with Crippen molar-refractivity contribution >= 4 is 30.6 Å². The van der Waals surface area contributed by atoms with E-state index in [1.54, 1.807) is 13.2 Å². The molecule has 0 saturated carbocycles. The van der Waals surface area contributed by atoms with Crippen LogP contribution in [0.2, 0.25) is 25.7 Å². The maximum atomic E-state index is 14.9. The van der Waals surface area contributed by atoms with Gasteiger partial charge in [-0.25, -0.2) is 14.4 Å². The summed E-state index contributed by atoms with van der Waals surface area (Å²) in [5.41, 5.74) is 4.74. The van der Waals surface area contributed by atoms with Gasteiger partial charge in [-0.3, -0.25) is 0 Å². The van der Waals surface area contributed by atoms with Crippen molar-refractivity contribution in [3.8, 4) is 22.6 Å². The molecule has 0 radical (unpaired) electrons. The third-order valence-electron chi connectivity index (χ3n) is 7.02. The number of ether oxygens (including phenoxy) is 3. The molecule has 6 nitrogen and oxygen atoms in total. The third-order valence-corrected chi connectivity index (χ3v) is 8.72. The van der Waals surface area contributed by atoms with E-state index in [1.807, 2.05) is 83.6 Å². The molecule has 5 rings (SSSR count). The monoisotopic (exact) mass is 581 g/mol. The van der Waals surface area contributed by atoms with E-state index in [4.69, 9.17) is 24.2 Å². The predicted octanol–water partition coefficient (Wildman–Crippen LogP) is 8.34. The van der Waals surface area contributed by atoms with E-state index >= 15 is 0 Å². The smallest absolute Gasteiger partial charge is 0.166 e. The molecule has 0 spiro atoms. The zero-order valence-electron chi connectivity index (χ0n) is 24.7. The average molecular weight is 582 g/mol. The summed E-state index contributed by atoms with van der Waals surface area (Å²) >= 11 is 0. The molecule has 0 bridgehead atoms. The van der Waals surface area contributed by atoms with Gasteiger partial charge in [0.15, 0.2) is 17.4 Å². The Hall–Kier alpha value is -4.27. The number of pyridine rings is 1. The first-order valence-electron chi connectivity index (χ1n) is 14.0. The lowest BCUT2D eigenvalue weighted by Crippen LogP contribution is -2.22. The lowest BCUT2D eigenvalue weighted by molar-refractivity contribution is 0.0899. The lowest BCUT2D eigenvalue weighted by atomic mass is 10.0. The molecule has 0 saturated heterocycles. The zero-order chi connectivity index (χ0) is 29.7. The predicted molar refractivity (Wildman–Crippen MR) is 171 cm³/mol. The topological polar surface area (TPSA) is 57.9 Å². The van der Waals surface area contributed by atoms with Gasteiger partial charge in [-0.2, -0.15) is 0 Å². The number of rotatable bonds is 11. The van der Waals surface area contributed by atoms with E-state index in [0.29, 0.717) is 36.1 Å². The summed E-state index contributed by atoms with van der Waals surface area (Å²) in [4.78, 5) is 10.0. The molecule has 0 amide bonds. The summed E-state index contributed by atoms with van der Waals surface area (Å²) in [7, 11) is 1.76. The minimum absolute atomic E-state index is 0.116. The van der Waals surface area contributed by atoms with Crippen LogP contribution < -0.4 is 9.47 Å². The maximum Gasteiger partial charge on any atom is 0.166 e. The Bertz CT molecular complexity index is 1660. The molecule has 42 heavy (non-hydrogen) atoms. The summed E-state index contributed by atoms with van der Waals surface area (Å²) < 4.78 is 34.1. The molecule has 8 heteroatoms. The van der Waals surface area contributed by atoms with Crippen LogP contribution in [0.25, 0.3) is 22.2 Å². The highest BCUT2D eigenvalue weighted by Crippen LogP contribution is 2.44. The molecule has 2 aromatic heterocycles. The molecule has 216 valence electrons. The number of hydrogen-bond acceptors (Lipinski definition) is 5. The van der Waals surface area contributed by atoms with Crippen molar-refractivity contribution in [2.75, 3.05) is 20.8 Å². The Kier molecular flexibility index (Phi) is 8.85. The first-order chi connectivity index (χ1) is 20.3. The van der Waals surface area contributed by atoms with Gasteiger partial charge in [-0.05, 0) is 30.3 Å². The Morgan fingerprint density at radius 3 is 2.12 bits per heavy atom. The normalized spacial score (nSPS) is 11.5. The average Bonchev–Trinajstić information content (AvgIpc) is 3.35. The summed E-state index contributed by atoms with van der Waals surface area (Å²) in [5.74, 6) is 0.705. The fourth-order valence-electron chi connectivity index (χ4n) is 4.82. The standard InChI is InChI=1S/C34H36FN3O3Si/c1-39-29-18-17-28(35)33(40-2)31(29)27-22-38(23-41-20-21-42(3,4)5)34-26(27)16-19-30(37-34)36-32(24-12-8-6-9-13-24)25-14-10-7-11-15-25/h6-19,22H,20-21,23H2,1-5H3. The Morgan fingerprint density at radius 2 is 1.52 bits per heavy atom. The van der Waals surface area contributed by atoms with Gasteiger partial charge >= 0.3 is 0 Å². The summed E-state index contributed by atoms with van der Waals surface area (Å²) in [6.07, 6.45) is 1.93. The molecule has 0 unspecified atom stereocenters. The van der Waals surface area contributed by atoms with Crippen LogP contribution in [0.1, 0.15) is 11.1 Å². The second-order valence-corrected chi connectivity index (χ2v) is 16.9. The molecular formula is C34H36FN3O3Si. The van der Waals surface area contributed by atoms with Crippen molar-refractivity contribution in [1.29, 1.82) is 0 Å². The SMILES string of the molecule is COc1ccc(F)c(OC)c1-c1cn(COCC[Si](C)(C)C)c2nc(N=C(c3ccccc3)c3ccccc3)ccc12. The van der Waals surface area contributed by atoms with E-state index in [-0.39, 0.29) is 5.75 Å². The molecule has 0 N–H and O–H groups in total. The molecule has 0 atom stereocenters. The molecule has 2 heterocycles. The van der Waals surface area contributed by atoms with Gasteiger partial charge in [0.2, 0.25) is 0 Å². The van der Waals surface area contributed by atoms with Crippen LogP contribution in [-0.2, 0) is 11.5 Å². The van der Waals surface area contributed by atoms with Crippen LogP contribution in [0.5, 0.6) is 11.5 Å². The molecule has 0 aliphatic carbocycles. The minimum Gasteiger partial charge on any atom is -0.496 e. The van der Waals surface area contributed by atoms with Gasteiger partial charge < -0.3 is 18.8 Å². The molecule has 5 aromatic rings. The Morgan fingerprint density at radius 1 is 0.857 bits per heavy atom. The van der Waals surface area contributed by atoms with Crippen molar-refractivity contribution in [3.63, 3.8) is 0 Å². The fourth-order valence-corrected chi connectivity index (χ4v) is 5.58. The van der Waals surface area contributed by atoms with E-state index < -0.39 is 13.9 Å². The maximum absolute atomic E-state index is 14.9. The number of fused-ring (bicyclic) bond motifs is 1. The minimum atomic E-state index is -1.26. The number of hydrogen-bond donors (Lipinski definition) is 0. The quantitative estimate of drug-likeness (QED) is 0.0894. The van der Waals surface area contributed by atoms with E-state index in [9.17, 15) is 4.39 Å². The Balaban J connectivity index is 1.66. The van der Waals surface area contributed by atoms with Gasteiger partial charge in [0.25, 0.3) is 0 Å². The van der Waals surface area contributed by atoms with Crippen molar-refractivity contribution in [1.82, 2.24) is 9.55 Å². The number of halogens is 1. The van der Waals surface area contributed by atoms with Gasteiger partial charge in [0, 0.05) is 43.0 Å². The highest BCUT2D eigenvalue weighted by atomic mass is 28.3. The highest BCUT2D eigenvalue weighted by Gasteiger charge is 2.23. The molecule has 0 aliphatic rings. The van der Waals surface area contributed by atoms with Gasteiger partial charge in [0.1, 0.15) is 18.1 Å². The number of methoxy groups -OCH3 is 2. The summed E-state index contributed by atoms with van der Waals surface area (Å²) in [6, 6.07) is 28.0. The summed E-state index contributed by atoms with van der Waals surface area (Å²) in [5, 5.41) is 0.811. The van der Waals surface area contributed by atoms with E-state index in [1.165, 1.54) is 13.2 Å². The van der Waals surface area contributed by atoms with E-state index in [2.05, 4.69) is 19.6 Å². The van der Waals surface area contributed by atoms with Crippen molar-refractivity contribution < 1.29 is 18.6 Å². The van der Waals surface area contributed by atoms with Crippen LogP contribution in [-0.4, -0.2) is 44.2 Å². The number of aromatic nitrogens is 2. The first-order valence-corrected chi connectivity index (χ1v) is 17.7. The van der Waals surface area contributed by atoms with Crippen LogP contribution in [0.15, 0.2) is 96.1 Å². The van der Waals surface area contributed by atoms with Crippen LogP contribution in [0, 0.1) is 5.82 Å². The first kappa shape index (κ1) is 29.2. The third kappa shape index (κ3) is 6.45. The number of aliphatic imine (C=N–C) groups is 1. The molecular weight excluding hydrogens is 545 g/mol. The van der Waals surface area contributed by atoms with Crippen LogP contribution >= 0.6 is 0 Å². The van der Waals surface area contributed by atoms with Crippen molar-refractivity contribution in [3.05, 3.63) is 108 Å². The van der Waals surface area contributed by atoms with Gasteiger partial charge in [0.05, 0.1) is 25.5 Å². The van der Waals surface area contributed by atoms with Gasteiger partial charge in [-0.15, -0.1) is 0 Å². The molecule has 3 aromatic carbocycles. The number of nitrogens with zero attached hydrogens (tertiary/aromatic N) is 3. The molecule has 0 aliphatic heterocycles. The second kappa shape index (κ2) is 12.7. The Labute approximate surface area is 247 Å². The zero-order valence-corrected chi connectivity index (χ0v) is 25.7. The van der Waals surface area contributed by atoms with Crippen LogP contribution in [0.3, 0.4) is 0 Å². The van der Waals surface area contributed by atoms with Gasteiger partial charge in [-0.1, -0.05) is 80.3 Å². The molecule has 0 fully saturated rings. The van der Waals surface area contributed by atoms with Crippen molar-refractivity contribution in [2.24, 2.45) is 4.99 Å². The van der Waals surface area contributed by atoms with Crippen molar-refractivity contribution in [2.45, 2.75) is 32.4 Å². The largest absolute Gasteiger partial charge is 0.496 e. The fraction of sp³-hybridized carbons (Fsp3) is 0.235. The number of benzene rings is 3. The van der Waals surface area contributed by atoms with E-state index in [0.717, 1.165) is 33.8 Å². The second-order valence-electron chi connectivity index (χ2n) is 11.3. The lowest BCUT2D eigenvalue weighted by Gasteiger charge is -2.15. The van der Waals surface area contributed by atoms with Crippen LogP contribution in [0.4, 0.5) is 10.2 Å². The highest BCUT2D eigenvalue weighted by molar-refractivity contribution is 6.76. The summed E-state index contributed by atoms with van der Waals surface area (Å²) in [6.45, 7) is 7.92.